The van der Waals surface area contributed by atoms with Crippen LogP contribution in [0.15, 0.2) is 48.7 Å². The molecule has 3 nitrogen and oxygen atoms in total. The summed E-state index contributed by atoms with van der Waals surface area (Å²) >= 11 is 0. The highest BCUT2D eigenvalue weighted by atomic mass is 35.5. The largest absolute Gasteiger partial charge is 1.00 e. The molecule has 2 aliphatic rings. The molecule has 0 spiro atoms. The molecule has 1 aliphatic carbocycles. The molecule has 1 atom stereocenters. The van der Waals surface area contributed by atoms with E-state index < -0.39 is 5.72 Å². The van der Waals surface area contributed by atoms with Crippen molar-refractivity contribution in [3.05, 3.63) is 59.8 Å². The predicted octanol–water partition coefficient (Wildman–Crippen LogP) is 0.285. The molecule has 0 amide bonds. The van der Waals surface area contributed by atoms with Crippen molar-refractivity contribution in [3.8, 4) is 0 Å². The van der Waals surface area contributed by atoms with E-state index in [-0.39, 0.29) is 12.4 Å². The monoisotopic (exact) mass is 344 g/mol. The summed E-state index contributed by atoms with van der Waals surface area (Å²) in [5.74, 6) is 1.14. The Morgan fingerprint density at radius 3 is 2.46 bits per heavy atom. The summed E-state index contributed by atoms with van der Waals surface area (Å²) in [6.07, 6.45) is 8.27. The summed E-state index contributed by atoms with van der Waals surface area (Å²) in [6.45, 7) is 2.69. The summed E-state index contributed by atoms with van der Waals surface area (Å²) in [5.41, 5.74) is 1.28. The minimum Gasteiger partial charge on any atom is -1.00 e. The molecule has 0 saturated heterocycles. The van der Waals surface area contributed by atoms with Crippen molar-refractivity contribution in [2.24, 2.45) is 0 Å². The van der Waals surface area contributed by atoms with E-state index in [0.29, 0.717) is 12.6 Å². The number of pyridine rings is 1. The maximum atomic E-state index is 11.7. The van der Waals surface area contributed by atoms with Gasteiger partial charge in [-0.25, -0.2) is 9.47 Å². The van der Waals surface area contributed by atoms with E-state index in [1.807, 2.05) is 6.07 Å². The van der Waals surface area contributed by atoms with E-state index in [1.165, 1.54) is 37.7 Å². The Hall–Kier alpha value is -1.58. The lowest BCUT2D eigenvalue weighted by Crippen LogP contribution is -3.00. The molecular weight excluding hydrogens is 320 g/mol. The Morgan fingerprint density at radius 2 is 1.75 bits per heavy atom. The van der Waals surface area contributed by atoms with Gasteiger partial charge in [0.15, 0.2) is 6.54 Å². The zero-order valence-corrected chi connectivity index (χ0v) is 14.9. The highest BCUT2D eigenvalue weighted by Gasteiger charge is 2.54. The van der Waals surface area contributed by atoms with Gasteiger partial charge in [-0.15, -0.1) is 0 Å². The van der Waals surface area contributed by atoms with E-state index >= 15 is 0 Å². The topological polar surface area (TPSA) is 27.4 Å². The molecule has 2 aromatic rings. The van der Waals surface area contributed by atoms with Crippen molar-refractivity contribution in [2.75, 3.05) is 4.90 Å². The molecule has 4 rings (SSSR count). The average Bonchev–Trinajstić information content (AvgIpc) is 2.89. The van der Waals surface area contributed by atoms with Gasteiger partial charge >= 0.3 is 0 Å². The van der Waals surface area contributed by atoms with Crippen LogP contribution in [-0.4, -0.2) is 11.1 Å². The summed E-state index contributed by atoms with van der Waals surface area (Å²) in [7, 11) is 0. The normalized spacial score (nSPS) is 23.7. The van der Waals surface area contributed by atoms with Crippen LogP contribution >= 0.6 is 0 Å². The van der Waals surface area contributed by atoms with E-state index in [2.05, 4.69) is 59.0 Å². The fourth-order valence-corrected chi connectivity index (χ4v) is 4.20. The standard InChI is InChI=1S/C20H25N2O.ClH/c1-16-10-12-17(13-11-16)20(23)15-21-14-6-5-9-19(21)22(20)18-7-3-2-4-8-18;/h5-6,9-14,18,23H,2-4,7-8,15H2,1H3;1H/q+1;/p-1. The number of anilines is 1. The number of hydrogen-bond donors (Lipinski definition) is 1. The summed E-state index contributed by atoms with van der Waals surface area (Å²) < 4.78 is 2.19. The smallest absolute Gasteiger partial charge is 0.279 e. The van der Waals surface area contributed by atoms with Crippen LogP contribution in [0.4, 0.5) is 5.82 Å². The summed E-state index contributed by atoms with van der Waals surface area (Å²) in [5, 5.41) is 11.7. The van der Waals surface area contributed by atoms with Gasteiger partial charge in [-0.05, 0) is 38.7 Å². The Kier molecular flexibility index (Phi) is 4.84. The van der Waals surface area contributed by atoms with Crippen LogP contribution in [0.3, 0.4) is 0 Å². The zero-order chi connectivity index (χ0) is 15.9. The highest BCUT2D eigenvalue weighted by Crippen LogP contribution is 2.40. The van der Waals surface area contributed by atoms with Crippen LogP contribution in [0.1, 0.15) is 43.2 Å². The fourth-order valence-electron chi connectivity index (χ4n) is 4.20. The third-order valence-corrected chi connectivity index (χ3v) is 5.41. The van der Waals surface area contributed by atoms with Gasteiger partial charge in [0, 0.05) is 11.6 Å². The molecule has 1 fully saturated rings. The first-order valence-corrected chi connectivity index (χ1v) is 8.76. The number of hydrogen-bond acceptors (Lipinski definition) is 2. The fraction of sp³-hybridized carbons (Fsp3) is 0.450. The molecule has 0 bridgehead atoms. The van der Waals surface area contributed by atoms with Crippen molar-refractivity contribution in [3.63, 3.8) is 0 Å². The van der Waals surface area contributed by atoms with Gasteiger partial charge < -0.3 is 17.5 Å². The van der Waals surface area contributed by atoms with Crippen molar-refractivity contribution in [1.82, 2.24) is 0 Å². The lowest BCUT2D eigenvalue weighted by atomic mass is 9.91. The number of fused-ring (bicyclic) bond motifs is 1. The third kappa shape index (κ3) is 2.80. The SMILES string of the molecule is Cc1ccc(C2(O)C[n+]3ccccc3N2C2CCCCC2)cc1.[Cl-]. The van der Waals surface area contributed by atoms with Gasteiger partial charge in [-0.3, -0.25) is 0 Å². The second-order valence-corrected chi connectivity index (χ2v) is 7.03. The van der Waals surface area contributed by atoms with Gasteiger partial charge in [0.05, 0.1) is 12.2 Å². The van der Waals surface area contributed by atoms with Crippen LogP contribution in [0.5, 0.6) is 0 Å². The number of benzene rings is 1. The van der Waals surface area contributed by atoms with Gasteiger partial charge in [0.1, 0.15) is 0 Å². The van der Waals surface area contributed by atoms with Crippen LogP contribution in [0.25, 0.3) is 0 Å². The van der Waals surface area contributed by atoms with Gasteiger partial charge in [0.2, 0.25) is 0 Å². The zero-order valence-electron chi connectivity index (χ0n) is 14.2. The summed E-state index contributed by atoms with van der Waals surface area (Å²) in [4.78, 5) is 2.29. The predicted molar refractivity (Wildman–Crippen MR) is 91.1 cm³/mol. The van der Waals surface area contributed by atoms with E-state index in [1.54, 1.807) is 0 Å². The molecule has 1 aliphatic heterocycles. The number of nitrogens with zero attached hydrogens (tertiary/aromatic N) is 2. The molecule has 128 valence electrons. The second-order valence-electron chi connectivity index (χ2n) is 7.03. The van der Waals surface area contributed by atoms with E-state index in [4.69, 9.17) is 0 Å². The molecule has 1 aromatic heterocycles. The minimum atomic E-state index is -0.940. The molecule has 0 radical (unpaired) electrons. The number of rotatable bonds is 2. The Balaban J connectivity index is 0.00000169. The van der Waals surface area contributed by atoms with Crippen molar-refractivity contribution in [2.45, 2.75) is 57.3 Å². The summed E-state index contributed by atoms with van der Waals surface area (Å²) in [6, 6.07) is 15.0. The van der Waals surface area contributed by atoms with Crippen molar-refractivity contribution >= 4 is 5.82 Å². The molecule has 4 heteroatoms. The first kappa shape index (κ1) is 17.2. The van der Waals surface area contributed by atoms with Gasteiger partial charge in [-0.1, -0.05) is 42.3 Å². The molecule has 1 unspecified atom stereocenters. The number of aryl methyl sites for hydroxylation is 1. The van der Waals surface area contributed by atoms with Gasteiger partial charge in [-0.2, -0.15) is 0 Å². The molecule has 1 saturated carbocycles. The molecule has 1 aromatic carbocycles. The molecule has 2 heterocycles. The number of aliphatic hydroxyl groups is 1. The quantitative estimate of drug-likeness (QED) is 0.793. The highest BCUT2D eigenvalue weighted by molar-refractivity contribution is 5.44. The Morgan fingerprint density at radius 1 is 1.04 bits per heavy atom. The lowest BCUT2D eigenvalue weighted by molar-refractivity contribution is -0.683. The third-order valence-electron chi connectivity index (χ3n) is 5.41. The Labute approximate surface area is 150 Å². The van der Waals surface area contributed by atoms with Crippen LogP contribution in [0, 0.1) is 6.92 Å². The number of aromatic nitrogens is 1. The molecular formula is C20H25ClN2O. The maximum Gasteiger partial charge on any atom is 0.279 e. The van der Waals surface area contributed by atoms with Gasteiger partial charge in [0.25, 0.3) is 11.5 Å². The van der Waals surface area contributed by atoms with E-state index in [0.717, 1.165) is 11.4 Å². The first-order chi connectivity index (χ1) is 11.2. The van der Waals surface area contributed by atoms with Crippen molar-refractivity contribution in [1.29, 1.82) is 0 Å². The maximum absolute atomic E-state index is 11.7. The van der Waals surface area contributed by atoms with Crippen molar-refractivity contribution < 1.29 is 22.1 Å². The Bertz CT molecular complexity index is 697. The second kappa shape index (κ2) is 6.73. The van der Waals surface area contributed by atoms with Crippen LogP contribution < -0.4 is 21.9 Å². The van der Waals surface area contributed by atoms with Crippen LogP contribution in [0.2, 0.25) is 0 Å². The average molecular weight is 345 g/mol. The van der Waals surface area contributed by atoms with Crippen LogP contribution in [-0.2, 0) is 12.3 Å². The first-order valence-electron chi connectivity index (χ1n) is 8.76. The molecule has 1 N–H and O–H groups in total. The lowest BCUT2D eigenvalue weighted by Gasteiger charge is -2.35. The number of halogens is 1. The minimum absolute atomic E-state index is 0. The van der Waals surface area contributed by atoms with E-state index in [9.17, 15) is 5.11 Å². The molecule has 24 heavy (non-hydrogen) atoms.